The zero-order valence-corrected chi connectivity index (χ0v) is 11.7. The lowest BCUT2D eigenvalue weighted by Gasteiger charge is -2.16. The standard InChI is InChI=1S/C15H11ClF4O/c1-9-2-4-11(17)7-14(9)21-13-5-3-10(8-16)6-12(13)15(18,19)20/h2-7H,8H2,1H3. The summed E-state index contributed by atoms with van der Waals surface area (Å²) in [5.41, 5.74) is -0.0810. The first-order chi connectivity index (χ1) is 9.81. The average molecular weight is 319 g/mol. The van der Waals surface area contributed by atoms with E-state index in [-0.39, 0.29) is 17.4 Å². The van der Waals surface area contributed by atoms with Gasteiger partial charge in [0.05, 0.1) is 5.56 Å². The number of ether oxygens (including phenoxy) is 1. The lowest BCUT2D eigenvalue weighted by Crippen LogP contribution is -2.08. The molecule has 2 aromatic rings. The van der Waals surface area contributed by atoms with Crippen LogP contribution in [-0.4, -0.2) is 0 Å². The summed E-state index contributed by atoms with van der Waals surface area (Å²) in [5, 5.41) is 0. The summed E-state index contributed by atoms with van der Waals surface area (Å²) >= 11 is 5.55. The Morgan fingerprint density at radius 1 is 1.05 bits per heavy atom. The Hall–Kier alpha value is -1.75. The minimum Gasteiger partial charge on any atom is -0.456 e. The maximum absolute atomic E-state index is 13.2. The monoisotopic (exact) mass is 318 g/mol. The van der Waals surface area contributed by atoms with Crippen LogP contribution in [-0.2, 0) is 12.1 Å². The van der Waals surface area contributed by atoms with Crippen molar-refractivity contribution in [3.05, 3.63) is 58.9 Å². The van der Waals surface area contributed by atoms with E-state index in [1.165, 1.54) is 24.3 Å². The molecular formula is C15H11ClF4O. The summed E-state index contributed by atoms with van der Waals surface area (Å²) in [6.07, 6.45) is -4.58. The smallest absolute Gasteiger partial charge is 0.419 e. The number of hydrogen-bond acceptors (Lipinski definition) is 1. The fraction of sp³-hybridized carbons (Fsp3) is 0.200. The highest BCUT2D eigenvalue weighted by atomic mass is 35.5. The second kappa shape index (κ2) is 5.93. The molecule has 0 saturated carbocycles. The molecule has 6 heteroatoms. The van der Waals surface area contributed by atoms with Crippen molar-refractivity contribution in [1.29, 1.82) is 0 Å². The fourth-order valence-electron chi connectivity index (χ4n) is 1.77. The maximum atomic E-state index is 13.2. The number of hydrogen-bond donors (Lipinski definition) is 0. The van der Waals surface area contributed by atoms with Gasteiger partial charge >= 0.3 is 6.18 Å². The maximum Gasteiger partial charge on any atom is 0.419 e. The van der Waals surface area contributed by atoms with Crippen molar-refractivity contribution in [2.45, 2.75) is 19.0 Å². The Labute approximate surface area is 124 Å². The fourth-order valence-corrected chi connectivity index (χ4v) is 1.94. The molecule has 0 aromatic heterocycles. The largest absolute Gasteiger partial charge is 0.456 e. The molecule has 0 amide bonds. The summed E-state index contributed by atoms with van der Waals surface area (Å²) in [6.45, 7) is 1.62. The molecule has 0 fully saturated rings. The lowest BCUT2D eigenvalue weighted by molar-refractivity contribution is -0.138. The van der Waals surface area contributed by atoms with Gasteiger partial charge in [-0.05, 0) is 36.2 Å². The first-order valence-corrected chi connectivity index (χ1v) is 6.55. The number of rotatable bonds is 3. The van der Waals surface area contributed by atoms with E-state index in [9.17, 15) is 17.6 Å². The van der Waals surface area contributed by atoms with Gasteiger partial charge in [-0.25, -0.2) is 4.39 Å². The van der Waals surface area contributed by atoms with E-state index in [1.54, 1.807) is 6.92 Å². The molecule has 21 heavy (non-hydrogen) atoms. The Morgan fingerprint density at radius 2 is 1.76 bits per heavy atom. The lowest BCUT2D eigenvalue weighted by atomic mass is 10.1. The predicted molar refractivity (Wildman–Crippen MR) is 72.2 cm³/mol. The Bertz CT molecular complexity index is 653. The van der Waals surface area contributed by atoms with Crippen LogP contribution in [0.5, 0.6) is 11.5 Å². The number of aryl methyl sites for hydroxylation is 1. The molecule has 0 bridgehead atoms. The normalized spacial score (nSPS) is 11.5. The summed E-state index contributed by atoms with van der Waals surface area (Å²) in [4.78, 5) is 0. The van der Waals surface area contributed by atoms with Crippen LogP contribution in [0.25, 0.3) is 0 Å². The number of benzene rings is 2. The number of alkyl halides is 4. The topological polar surface area (TPSA) is 9.23 Å². The van der Waals surface area contributed by atoms with Crippen molar-refractivity contribution in [3.63, 3.8) is 0 Å². The highest BCUT2D eigenvalue weighted by molar-refractivity contribution is 6.17. The molecule has 0 heterocycles. The van der Waals surface area contributed by atoms with Gasteiger partial charge in [0.1, 0.15) is 17.3 Å². The van der Waals surface area contributed by atoms with Gasteiger partial charge in [0, 0.05) is 11.9 Å². The molecule has 112 valence electrons. The van der Waals surface area contributed by atoms with Crippen molar-refractivity contribution >= 4 is 11.6 Å². The first-order valence-electron chi connectivity index (χ1n) is 6.01. The van der Waals surface area contributed by atoms with Gasteiger partial charge in [-0.15, -0.1) is 11.6 Å². The van der Waals surface area contributed by atoms with Gasteiger partial charge < -0.3 is 4.74 Å². The molecule has 2 rings (SSSR count). The molecule has 0 unspecified atom stereocenters. The molecule has 0 saturated heterocycles. The summed E-state index contributed by atoms with van der Waals surface area (Å²) in [7, 11) is 0. The van der Waals surface area contributed by atoms with Crippen LogP contribution in [0.3, 0.4) is 0 Å². The van der Waals surface area contributed by atoms with Crippen molar-refractivity contribution in [2.75, 3.05) is 0 Å². The minimum atomic E-state index is -4.58. The van der Waals surface area contributed by atoms with Crippen LogP contribution >= 0.6 is 11.6 Å². The summed E-state index contributed by atoms with van der Waals surface area (Å²) in [5.74, 6) is -0.965. The second-order valence-corrected chi connectivity index (χ2v) is 4.74. The average Bonchev–Trinajstić information content (AvgIpc) is 2.42. The minimum absolute atomic E-state index is 0.0393. The molecule has 0 atom stereocenters. The molecule has 0 radical (unpaired) electrons. The SMILES string of the molecule is Cc1ccc(F)cc1Oc1ccc(CCl)cc1C(F)(F)F. The Kier molecular flexibility index (Phi) is 4.42. The van der Waals surface area contributed by atoms with Gasteiger partial charge in [0.25, 0.3) is 0 Å². The van der Waals surface area contributed by atoms with E-state index in [2.05, 4.69) is 0 Å². The van der Waals surface area contributed by atoms with Crippen LogP contribution in [0.2, 0.25) is 0 Å². The van der Waals surface area contributed by atoms with Crippen LogP contribution in [0.4, 0.5) is 17.6 Å². The van der Waals surface area contributed by atoms with Crippen LogP contribution in [0.1, 0.15) is 16.7 Å². The van der Waals surface area contributed by atoms with Crippen molar-refractivity contribution in [1.82, 2.24) is 0 Å². The number of halogens is 5. The third kappa shape index (κ3) is 3.67. The van der Waals surface area contributed by atoms with Gasteiger partial charge in [-0.3, -0.25) is 0 Å². The molecule has 1 nitrogen and oxygen atoms in total. The van der Waals surface area contributed by atoms with Gasteiger partial charge in [-0.2, -0.15) is 13.2 Å². The van der Waals surface area contributed by atoms with E-state index < -0.39 is 17.6 Å². The predicted octanol–water partition coefficient (Wildman–Crippen LogP) is 5.68. The van der Waals surface area contributed by atoms with Crippen LogP contribution < -0.4 is 4.74 Å². The van der Waals surface area contributed by atoms with E-state index >= 15 is 0 Å². The van der Waals surface area contributed by atoms with E-state index in [0.717, 1.165) is 12.1 Å². The second-order valence-electron chi connectivity index (χ2n) is 4.47. The third-order valence-electron chi connectivity index (χ3n) is 2.87. The quantitative estimate of drug-likeness (QED) is 0.522. The Balaban J connectivity index is 2.46. The van der Waals surface area contributed by atoms with Crippen LogP contribution in [0, 0.1) is 12.7 Å². The summed E-state index contributed by atoms with van der Waals surface area (Å²) in [6, 6.07) is 7.24. The molecule has 0 N–H and O–H groups in total. The van der Waals surface area contributed by atoms with Crippen molar-refractivity contribution in [2.24, 2.45) is 0 Å². The molecule has 0 spiro atoms. The molecular weight excluding hydrogens is 308 g/mol. The van der Waals surface area contributed by atoms with E-state index in [4.69, 9.17) is 16.3 Å². The highest BCUT2D eigenvalue weighted by Gasteiger charge is 2.35. The Morgan fingerprint density at radius 3 is 2.38 bits per heavy atom. The summed E-state index contributed by atoms with van der Waals surface area (Å²) < 4.78 is 57.6. The van der Waals surface area contributed by atoms with Crippen molar-refractivity contribution in [3.8, 4) is 11.5 Å². The zero-order chi connectivity index (χ0) is 15.6. The zero-order valence-electron chi connectivity index (χ0n) is 11.0. The van der Waals surface area contributed by atoms with E-state index in [0.29, 0.717) is 11.1 Å². The molecule has 2 aromatic carbocycles. The van der Waals surface area contributed by atoms with E-state index in [1.807, 2.05) is 0 Å². The highest BCUT2D eigenvalue weighted by Crippen LogP contribution is 2.39. The van der Waals surface area contributed by atoms with Crippen molar-refractivity contribution < 1.29 is 22.3 Å². The first kappa shape index (κ1) is 15.6. The van der Waals surface area contributed by atoms with Gasteiger partial charge in [0.2, 0.25) is 0 Å². The molecule has 0 aliphatic carbocycles. The van der Waals surface area contributed by atoms with Gasteiger partial charge in [-0.1, -0.05) is 12.1 Å². The van der Waals surface area contributed by atoms with Gasteiger partial charge in [0.15, 0.2) is 0 Å². The van der Waals surface area contributed by atoms with Crippen LogP contribution in [0.15, 0.2) is 36.4 Å². The third-order valence-corrected chi connectivity index (χ3v) is 3.18. The molecule has 0 aliphatic rings. The molecule has 0 aliphatic heterocycles.